The maximum Gasteiger partial charge on any atom is 0.0799 e. The van der Waals surface area contributed by atoms with Gasteiger partial charge >= 0.3 is 0 Å². The van der Waals surface area contributed by atoms with Crippen molar-refractivity contribution in [1.82, 2.24) is 4.98 Å². The van der Waals surface area contributed by atoms with Gasteiger partial charge in [0, 0.05) is 11.8 Å². The Bertz CT molecular complexity index is 1030. The van der Waals surface area contributed by atoms with E-state index in [2.05, 4.69) is 110 Å². The van der Waals surface area contributed by atoms with Crippen molar-refractivity contribution in [2.45, 2.75) is 73.0 Å². The Hall–Kier alpha value is -1.93. The minimum atomic E-state index is -1.45. The molecule has 0 unspecified atom stereocenters. The van der Waals surface area contributed by atoms with Crippen LogP contribution in [0.15, 0.2) is 48.7 Å². The molecule has 0 fully saturated rings. The Kier molecular flexibility index (Phi) is 5.55. The summed E-state index contributed by atoms with van der Waals surface area (Å²) in [4.78, 5) is 4.97. The summed E-state index contributed by atoms with van der Waals surface area (Å²) in [5.41, 5.74) is 5.54. The molecule has 1 aromatic heterocycles. The van der Waals surface area contributed by atoms with E-state index in [1.165, 1.54) is 32.6 Å². The van der Waals surface area contributed by atoms with Crippen molar-refractivity contribution < 1.29 is 0 Å². The Morgan fingerprint density at radius 1 is 0.862 bits per heavy atom. The number of benzene rings is 2. The van der Waals surface area contributed by atoms with E-state index in [1.807, 2.05) is 0 Å². The minimum absolute atomic E-state index is 0.0854. The van der Waals surface area contributed by atoms with Gasteiger partial charge in [-0.25, -0.2) is 0 Å². The Labute approximate surface area is 178 Å². The fraction of sp³-hybridized carbons (Fsp3) is 0.444. The summed E-state index contributed by atoms with van der Waals surface area (Å²) in [6.45, 7) is 21.1. The smallest absolute Gasteiger partial charge is 0.0799 e. The summed E-state index contributed by atoms with van der Waals surface area (Å²) in [6.07, 6.45) is 3.26. The lowest BCUT2D eigenvalue weighted by molar-refractivity contribution is 0.412. The minimum Gasteiger partial charge on any atom is -0.256 e. The molecule has 0 aliphatic heterocycles. The fourth-order valence-electron chi connectivity index (χ4n) is 4.13. The van der Waals surface area contributed by atoms with Gasteiger partial charge in [-0.05, 0) is 62.5 Å². The van der Waals surface area contributed by atoms with E-state index < -0.39 is 8.07 Å². The van der Waals surface area contributed by atoms with Crippen molar-refractivity contribution in [1.29, 1.82) is 0 Å². The first kappa shape index (κ1) is 21.8. The molecule has 0 aliphatic carbocycles. The molecule has 2 aromatic carbocycles. The third-order valence-corrected chi connectivity index (χ3v) is 7.55. The zero-order valence-electron chi connectivity index (χ0n) is 19.8. The van der Waals surface area contributed by atoms with Gasteiger partial charge in [-0.1, -0.05) is 85.4 Å². The highest BCUT2D eigenvalue weighted by Gasteiger charge is 2.25. The normalized spacial score (nSPS) is 13.1. The Morgan fingerprint density at radius 3 is 2.10 bits per heavy atom. The number of fused-ring (bicyclic) bond motifs is 1. The zero-order chi connectivity index (χ0) is 21.6. The topological polar surface area (TPSA) is 12.9 Å². The van der Waals surface area contributed by atoms with E-state index in [4.69, 9.17) is 4.98 Å². The van der Waals surface area contributed by atoms with Gasteiger partial charge in [0.2, 0.25) is 0 Å². The number of rotatable bonds is 3. The molecule has 0 saturated carbocycles. The monoisotopic (exact) mass is 403 g/mol. The first-order valence-electron chi connectivity index (χ1n) is 10.8. The molecule has 154 valence electrons. The second-order valence-corrected chi connectivity index (χ2v) is 16.7. The maximum absolute atomic E-state index is 4.97. The second kappa shape index (κ2) is 7.39. The van der Waals surface area contributed by atoms with Gasteiger partial charge in [0.25, 0.3) is 0 Å². The van der Waals surface area contributed by atoms with Crippen molar-refractivity contribution >= 4 is 24.0 Å². The standard InChI is InChI=1S/C27H37NSi/c1-26(2,3)17-21-16-24(28-18-25(21)29(7,8)9)20-14-19-12-10-11-13-22(19)23(15-20)27(4,5)6/h10-16,18H,17H2,1-9H3. The average Bonchev–Trinajstić information content (AvgIpc) is 2.57. The highest BCUT2D eigenvalue weighted by molar-refractivity contribution is 6.89. The number of nitrogens with zero attached hydrogens (tertiary/aromatic N) is 1. The summed E-state index contributed by atoms with van der Waals surface area (Å²) < 4.78 is 0. The van der Waals surface area contributed by atoms with Crippen LogP contribution in [0, 0.1) is 5.41 Å². The zero-order valence-corrected chi connectivity index (χ0v) is 20.8. The number of hydrogen-bond donors (Lipinski definition) is 0. The van der Waals surface area contributed by atoms with Crippen LogP contribution in [0.1, 0.15) is 52.7 Å². The Morgan fingerprint density at radius 2 is 1.52 bits per heavy atom. The summed E-state index contributed by atoms with van der Waals surface area (Å²) >= 11 is 0. The summed E-state index contributed by atoms with van der Waals surface area (Å²) in [6, 6.07) is 15.8. The molecule has 3 rings (SSSR count). The Balaban J connectivity index is 2.23. The molecular formula is C27H37NSi. The molecule has 0 amide bonds. The molecule has 0 atom stereocenters. The van der Waals surface area contributed by atoms with Gasteiger partial charge in [0.15, 0.2) is 0 Å². The molecule has 3 aromatic rings. The average molecular weight is 404 g/mol. The van der Waals surface area contributed by atoms with Crippen molar-refractivity contribution in [3.05, 3.63) is 59.8 Å². The van der Waals surface area contributed by atoms with Gasteiger partial charge in [0.05, 0.1) is 13.8 Å². The number of hydrogen-bond acceptors (Lipinski definition) is 1. The third-order valence-electron chi connectivity index (χ3n) is 5.48. The largest absolute Gasteiger partial charge is 0.256 e. The van der Waals surface area contributed by atoms with Crippen molar-refractivity contribution in [3.63, 3.8) is 0 Å². The molecule has 2 heteroatoms. The lowest BCUT2D eigenvalue weighted by Gasteiger charge is -2.26. The van der Waals surface area contributed by atoms with Gasteiger partial charge in [0.1, 0.15) is 0 Å². The summed E-state index contributed by atoms with van der Waals surface area (Å²) in [7, 11) is -1.45. The van der Waals surface area contributed by atoms with Crippen LogP contribution in [0.3, 0.4) is 0 Å². The van der Waals surface area contributed by atoms with Gasteiger partial charge in [-0.15, -0.1) is 0 Å². The van der Waals surface area contributed by atoms with Crippen LogP contribution in [-0.2, 0) is 11.8 Å². The van der Waals surface area contributed by atoms with Crippen LogP contribution in [0.4, 0.5) is 0 Å². The predicted octanol–water partition coefficient (Wildman–Crippen LogP) is 7.33. The maximum atomic E-state index is 4.97. The van der Waals surface area contributed by atoms with Crippen molar-refractivity contribution in [2.75, 3.05) is 0 Å². The molecule has 0 N–H and O–H groups in total. The molecule has 0 spiro atoms. The van der Waals surface area contributed by atoms with Crippen LogP contribution >= 0.6 is 0 Å². The molecule has 0 saturated heterocycles. The van der Waals surface area contributed by atoms with Gasteiger partial charge < -0.3 is 0 Å². The summed E-state index contributed by atoms with van der Waals surface area (Å²) in [5, 5.41) is 4.13. The fourth-order valence-corrected chi connectivity index (χ4v) is 5.70. The van der Waals surface area contributed by atoms with Crippen LogP contribution in [0.25, 0.3) is 22.0 Å². The quantitative estimate of drug-likeness (QED) is 0.417. The highest BCUT2D eigenvalue weighted by atomic mass is 28.3. The lowest BCUT2D eigenvalue weighted by Crippen LogP contribution is -2.41. The lowest BCUT2D eigenvalue weighted by atomic mass is 9.82. The first-order chi connectivity index (χ1) is 13.3. The number of pyridine rings is 1. The molecule has 1 nitrogen and oxygen atoms in total. The van der Waals surface area contributed by atoms with Crippen LogP contribution in [0.5, 0.6) is 0 Å². The SMILES string of the molecule is CC(C)(C)Cc1cc(-c2cc(C(C)(C)C)c3ccccc3c2)ncc1[Si](C)(C)C. The van der Waals surface area contributed by atoms with E-state index in [0.717, 1.165) is 12.1 Å². The molecule has 0 bridgehead atoms. The van der Waals surface area contributed by atoms with E-state index in [-0.39, 0.29) is 10.8 Å². The molecule has 29 heavy (non-hydrogen) atoms. The molecule has 0 aliphatic rings. The third kappa shape index (κ3) is 4.98. The van der Waals surface area contributed by atoms with E-state index in [1.54, 1.807) is 0 Å². The van der Waals surface area contributed by atoms with Crippen LogP contribution < -0.4 is 5.19 Å². The first-order valence-corrected chi connectivity index (χ1v) is 14.3. The van der Waals surface area contributed by atoms with Gasteiger partial charge in [-0.3, -0.25) is 4.98 Å². The second-order valence-electron chi connectivity index (χ2n) is 11.7. The summed E-state index contributed by atoms with van der Waals surface area (Å²) in [5.74, 6) is 0. The van der Waals surface area contributed by atoms with E-state index in [0.29, 0.717) is 0 Å². The number of aromatic nitrogens is 1. The molecule has 1 heterocycles. The van der Waals surface area contributed by atoms with E-state index in [9.17, 15) is 0 Å². The van der Waals surface area contributed by atoms with E-state index >= 15 is 0 Å². The molecular weight excluding hydrogens is 366 g/mol. The van der Waals surface area contributed by atoms with Gasteiger partial charge in [-0.2, -0.15) is 0 Å². The predicted molar refractivity (Wildman–Crippen MR) is 132 cm³/mol. The highest BCUT2D eigenvalue weighted by Crippen LogP contribution is 2.34. The van der Waals surface area contributed by atoms with Crippen molar-refractivity contribution in [3.8, 4) is 11.3 Å². The van der Waals surface area contributed by atoms with Crippen molar-refractivity contribution in [2.24, 2.45) is 5.41 Å². The van der Waals surface area contributed by atoms with Crippen LogP contribution in [0.2, 0.25) is 19.6 Å². The molecule has 0 radical (unpaired) electrons. The van der Waals surface area contributed by atoms with Crippen LogP contribution in [-0.4, -0.2) is 13.1 Å².